The molecule has 0 spiro atoms. The van der Waals surface area contributed by atoms with Gasteiger partial charge in [0.05, 0.1) is 16.1 Å². The van der Waals surface area contributed by atoms with Gasteiger partial charge in [-0.2, -0.15) is 5.26 Å². The molecule has 0 saturated heterocycles. The fourth-order valence-corrected chi connectivity index (χ4v) is 3.07. The minimum Gasteiger partial charge on any atom is -0.461 e. The van der Waals surface area contributed by atoms with E-state index < -0.39 is 5.54 Å². The number of anilines is 1. The summed E-state index contributed by atoms with van der Waals surface area (Å²) in [6.07, 6.45) is 2.24. The van der Waals surface area contributed by atoms with Crippen LogP contribution in [0.2, 0.25) is 5.02 Å². The molecule has 1 saturated carbocycles. The maximum atomic E-state index is 11.2. The fraction of sp³-hybridized carbons (Fsp3) is 0.500. The second kappa shape index (κ2) is 6.55. The van der Waals surface area contributed by atoms with Gasteiger partial charge < -0.3 is 15.8 Å². The molecule has 6 heteroatoms. The number of carbonyl (C=O) groups is 1. The maximum Gasteiger partial charge on any atom is 0.302 e. The highest BCUT2D eigenvalue weighted by atomic mass is 35.5. The first-order valence-electron chi connectivity index (χ1n) is 7.26. The molecule has 0 amide bonds. The van der Waals surface area contributed by atoms with Gasteiger partial charge in [-0.3, -0.25) is 4.79 Å². The standard InChI is InChI=1S/C16H20ClN3O2/c1-10-13(6-5-12(8-18)15(10)17)20-9-16(19)7-3-4-14(16)22-11(2)21/h5-6,14,20H,3-4,7,9,19H2,1-2H3/t14-,16-/m0/s1. The van der Waals surface area contributed by atoms with Crippen molar-refractivity contribution in [1.82, 2.24) is 0 Å². The number of benzene rings is 1. The van der Waals surface area contributed by atoms with Gasteiger partial charge in [0, 0.05) is 19.2 Å². The molecule has 0 radical (unpaired) electrons. The van der Waals surface area contributed by atoms with Gasteiger partial charge in [0.2, 0.25) is 0 Å². The molecule has 0 heterocycles. The van der Waals surface area contributed by atoms with Crippen molar-refractivity contribution in [2.45, 2.75) is 44.8 Å². The van der Waals surface area contributed by atoms with Crippen LogP contribution >= 0.6 is 11.6 Å². The summed E-state index contributed by atoms with van der Waals surface area (Å²) in [5.41, 5.74) is 7.93. The zero-order valence-electron chi connectivity index (χ0n) is 12.8. The lowest BCUT2D eigenvalue weighted by molar-refractivity contribution is -0.148. The molecule has 1 aromatic carbocycles. The molecule has 0 aliphatic heterocycles. The highest BCUT2D eigenvalue weighted by Gasteiger charge is 2.41. The van der Waals surface area contributed by atoms with Gasteiger partial charge in [-0.15, -0.1) is 0 Å². The zero-order valence-corrected chi connectivity index (χ0v) is 13.5. The summed E-state index contributed by atoms with van der Waals surface area (Å²) in [4.78, 5) is 11.2. The average Bonchev–Trinajstić information content (AvgIpc) is 2.81. The van der Waals surface area contributed by atoms with Gasteiger partial charge in [0.1, 0.15) is 12.2 Å². The van der Waals surface area contributed by atoms with Crippen molar-refractivity contribution in [3.05, 3.63) is 28.3 Å². The van der Waals surface area contributed by atoms with Gasteiger partial charge in [-0.1, -0.05) is 11.6 Å². The first kappa shape index (κ1) is 16.6. The van der Waals surface area contributed by atoms with Crippen molar-refractivity contribution in [2.24, 2.45) is 5.73 Å². The third-order valence-electron chi connectivity index (χ3n) is 4.17. The van der Waals surface area contributed by atoms with Crippen LogP contribution in [0, 0.1) is 18.3 Å². The molecule has 22 heavy (non-hydrogen) atoms. The largest absolute Gasteiger partial charge is 0.461 e. The molecule has 0 bridgehead atoms. The number of ether oxygens (including phenoxy) is 1. The molecule has 2 atom stereocenters. The van der Waals surface area contributed by atoms with E-state index in [1.54, 1.807) is 6.07 Å². The number of hydrogen-bond donors (Lipinski definition) is 2. The number of esters is 1. The number of halogens is 1. The number of nitrogens with zero attached hydrogens (tertiary/aromatic N) is 1. The number of carbonyl (C=O) groups excluding carboxylic acids is 1. The van der Waals surface area contributed by atoms with E-state index in [4.69, 9.17) is 27.3 Å². The minimum absolute atomic E-state index is 0.272. The Hall–Kier alpha value is -1.77. The van der Waals surface area contributed by atoms with E-state index >= 15 is 0 Å². The van der Waals surface area contributed by atoms with Crippen molar-refractivity contribution in [3.63, 3.8) is 0 Å². The number of hydrogen-bond acceptors (Lipinski definition) is 5. The lowest BCUT2D eigenvalue weighted by Gasteiger charge is -2.31. The van der Waals surface area contributed by atoms with Crippen molar-refractivity contribution in [2.75, 3.05) is 11.9 Å². The van der Waals surface area contributed by atoms with Crippen LogP contribution in [0.5, 0.6) is 0 Å². The van der Waals surface area contributed by atoms with Crippen LogP contribution in [0.1, 0.15) is 37.3 Å². The first-order chi connectivity index (χ1) is 10.4. The first-order valence-corrected chi connectivity index (χ1v) is 7.64. The van der Waals surface area contributed by atoms with Crippen molar-refractivity contribution in [3.8, 4) is 6.07 Å². The molecule has 0 unspecified atom stereocenters. The number of rotatable bonds is 4. The summed E-state index contributed by atoms with van der Waals surface area (Å²) in [5.74, 6) is -0.306. The predicted octanol–water partition coefficient (Wildman–Crippen LogP) is 2.75. The molecular weight excluding hydrogens is 302 g/mol. The van der Waals surface area contributed by atoms with E-state index in [1.807, 2.05) is 13.0 Å². The van der Waals surface area contributed by atoms with Gasteiger partial charge in [0.25, 0.3) is 0 Å². The Balaban J connectivity index is 2.11. The molecule has 3 N–H and O–H groups in total. The summed E-state index contributed by atoms with van der Waals surface area (Å²) < 4.78 is 5.33. The molecule has 1 aromatic rings. The van der Waals surface area contributed by atoms with Crippen LogP contribution in [-0.2, 0) is 9.53 Å². The highest BCUT2D eigenvalue weighted by molar-refractivity contribution is 6.32. The molecule has 1 fully saturated rings. The molecule has 0 aromatic heterocycles. The van der Waals surface area contributed by atoms with E-state index in [-0.39, 0.29) is 12.1 Å². The van der Waals surface area contributed by atoms with E-state index in [1.165, 1.54) is 6.92 Å². The smallest absolute Gasteiger partial charge is 0.302 e. The Morgan fingerprint density at radius 1 is 1.64 bits per heavy atom. The number of nitriles is 1. The van der Waals surface area contributed by atoms with Crippen LogP contribution in [-0.4, -0.2) is 24.2 Å². The Kier molecular flexibility index (Phi) is 4.94. The summed E-state index contributed by atoms with van der Waals surface area (Å²) in [6.45, 7) is 3.73. The van der Waals surface area contributed by atoms with Gasteiger partial charge >= 0.3 is 5.97 Å². The van der Waals surface area contributed by atoms with Crippen molar-refractivity contribution < 1.29 is 9.53 Å². The predicted molar refractivity (Wildman–Crippen MR) is 85.7 cm³/mol. The summed E-state index contributed by atoms with van der Waals surface area (Å²) in [6, 6.07) is 5.55. The summed E-state index contributed by atoms with van der Waals surface area (Å²) in [5, 5.41) is 12.7. The second-order valence-corrected chi connectivity index (χ2v) is 6.17. The Morgan fingerprint density at radius 3 is 3.00 bits per heavy atom. The Labute approximate surface area is 135 Å². The van der Waals surface area contributed by atoms with Gasteiger partial charge in [-0.25, -0.2) is 0 Å². The molecule has 118 valence electrons. The molecule has 2 rings (SSSR count). The van der Waals surface area contributed by atoms with E-state index in [2.05, 4.69) is 11.4 Å². The quantitative estimate of drug-likeness (QED) is 0.832. The third-order valence-corrected chi connectivity index (χ3v) is 4.66. The van der Waals surface area contributed by atoms with E-state index in [0.717, 1.165) is 30.5 Å². The summed E-state index contributed by atoms with van der Waals surface area (Å²) >= 11 is 6.16. The maximum absolute atomic E-state index is 11.2. The molecule has 5 nitrogen and oxygen atoms in total. The van der Waals surface area contributed by atoms with Crippen LogP contribution in [0.4, 0.5) is 5.69 Å². The molecule has 1 aliphatic carbocycles. The van der Waals surface area contributed by atoms with Crippen LogP contribution in [0.15, 0.2) is 12.1 Å². The van der Waals surface area contributed by atoms with Crippen LogP contribution < -0.4 is 11.1 Å². The average molecular weight is 322 g/mol. The van der Waals surface area contributed by atoms with Gasteiger partial charge in [0.15, 0.2) is 0 Å². The summed E-state index contributed by atoms with van der Waals surface area (Å²) in [7, 11) is 0. The lowest BCUT2D eigenvalue weighted by Crippen LogP contribution is -2.53. The molecule has 1 aliphatic rings. The van der Waals surface area contributed by atoms with Crippen LogP contribution in [0.3, 0.4) is 0 Å². The SMILES string of the molecule is CC(=O)O[C@H]1CCC[C@]1(N)CNc1ccc(C#N)c(Cl)c1C. The zero-order chi connectivity index (χ0) is 16.3. The van der Waals surface area contributed by atoms with Crippen LogP contribution in [0.25, 0.3) is 0 Å². The number of nitrogens with one attached hydrogen (secondary N) is 1. The van der Waals surface area contributed by atoms with Gasteiger partial charge in [-0.05, 0) is 43.9 Å². The highest BCUT2D eigenvalue weighted by Crippen LogP contribution is 2.32. The molecular formula is C16H20ClN3O2. The fourth-order valence-electron chi connectivity index (χ4n) is 2.87. The van der Waals surface area contributed by atoms with Crippen molar-refractivity contribution >= 4 is 23.3 Å². The minimum atomic E-state index is -0.585. The van der Waals surface area contributed by atoms with E-state index in [9.17, 15) is 4.79 Å². The second-order valence-electron chi connectivity index (χ2n) is 5.79. The topological polar surface area (TPSA) is 88.1 Å². The third kappa shape index (κ3) is 3.34. The van der Waals surface area contributed by atoms with Crippen molar-refractivity contribution in [1.29, 1.82) is 5.26 Å². The van der Waals surface area contributed by atoms with E-state index in [0.29, 0.717) is 17.1 Å². The number of nitrogens with two attached hydrogens (primary N) is 1. The lowest BCUT2D eigenvalue weighted by atomic mass is 9.96. The Bertz CT molecular complexity index is 627. The Morgan fingerprint density at radius 2 is 2.36 bits per heavy atom. The normalized spacial score (nSPS) is 23.9. The monoisotopic (exact) mass is 321 g/mol.